The number of H-pyrrole nitrogens is 1. The lowest BCUT2D eigenvalue weighted by atomic mass is 10.3. The third kappa shape index (κ3) is 3.55. The maximum Gasteiger partial charge on any atom is 0.328 e. The van der Waals surface area contributed by atoms with Crippen LogP contribution in [0.2, 0.25) is 0 Å². The van der Waals surface area contributed by atoms with Crippen molar-refractivity contribution in [1.82, 2.24) is 9.55 Å². The van der Waals surface area contributed by atoms with Crippen LogP contribution in [0.1, 0.15) is 19.4 Å². The van der Waals surface area contributed by atoms with Crippen molar-refractivity contribution in [3.8, 4) is 0 Å². The highest BCUT2D eigenvalue weighted by Crippen LogP contribution is 1.93. The van der Waals surface area contributed by atoms with Gasteiger partial charge >= 0.3 is 5.69 Å². The molecule has 0 aliphatic carbocycles. The van der Waals surface area contributed by atoms with E-state index in [1.54, 1.807) is 13.8 Å². The largest absolute Gasteiger partial charge is 0.328 e. The monoisotopic (exact) mass is 260 g/mol. The standard InChI is InChI=1S/C10H16N2O4S/c1-3-8-7-12(10(14)11-9(8)13)5-6-17(15,16)4-2/h7H,3-6H2,1-2H3,(H,11,13,14). The topological polar surface area (TPSA) is 89.0 Å². The fourth-order valence-corrected chi connectivity index (χ4v) is 2.12. The average Bonchev–Trinajstić information content (AvgIpc) is 2.28. The Balaban J connectivity index is 3.00. The van der Waals surface area contributed by atoms with Crippen molar-refractivity contribution in [1.29, 1.82) is 0 Å². The highest BCUT2D eigenvalue weighted by Gasteiger charge is 2.09. The first kappa shape index (κ1) is 13.7. The van der Waals surface area contributed by atoms with Crippen molar-refractivity contribution in [2.75, 3.05) is 11.5 Å². The van der Waals surface area contributed by atoms with E-state index < -0.39 is 21.1 Å². The highest BCUT2D eigenvalue weighted by atomic mass is 32.2. The summed E-state index contributed by atoms with van der Waals surface area (Å²) in [7, 11) is -3.12. The van der Waals surface area contributed by atoms with Gasteiger partial charge in [-0.3, -0.25) is 14.3 Å². The minimum Gasteiger partial charge on any atom is -0.299 e. The van der Waals surface area contributed by atoms with Gasteiger partial charge in [-0.05, 0) is 6.42 Å². The lowest BCUT2D eigenvalue weighted by molar-refractivity contribution is 0.586. The zero-order chi connectivity index (χ0) is 13.1. The first-order valence-corrected chi connectivity index (χ1v) is 7.24. The Morgan fingerprint density at radius 3 is 2.47 bits per heavy atom. The molecule has 0 spiro atoms. The second kappa shape index (κ2) is 5.31. The van der Waals surface area contributed by atoms with Crippen molar-refractivity contribution in [2.24, 2.45) is 0 Å². The molecular formula is C10H16N2O4S. The summed E-state index contributed by atoms with van der Waals surface area (Å²) in [6.07, 6.45) is 1.92. The lowest BCUT2D eigenvalue weighted by Crippen LogP contribution is -2.33. The van der Waals surface area contributed by atoms with Gasteiger partial charge in [0.1, 0.15) is 0 Å². The predicted molar refractivity (Wildman–Crippen MR) is 65.0 cm³/mol. The molecule has 0 saturated carbocycles. The maximum atomic E-state index is 11.4. The van der Waals surface area contributed by atoms with Crippen molar-refractivity contribution in [3.63, 3.8) is 0 Å². The zero-order valence-electron chi connectivity index (χ0n) is 9.89. The smallest absolute Gasteiger partial charge is 0.299 e. The molecular weight excluding hydrogens is 244 g/mol. The van der Waals surface area contributed by atoms with E-state index in [0.29, 0.717) is 12.0 Å². The first-order chi connectivity index (χ1) is 7.89. The van der Waals surface area contributed by atoms with Crippen LogP contribution in [-0.4, -0.2) is 29.5 Å². The molecule has 1 heterocycles. The minimum absolute atomic E-state index is 0.0474. The molecule has 0 radical (unpaired) electrons. The molecule has 1 rings (SSSR count). The Bertz CT molecular complexity index is 597. The van der Waals surface area contributed by atoms with Crippen LogP contribution in [0.15, 0.2) is 15.8 Å². The predicted octanol–water partition coefficient (Wildman–Crippen LogP) is -0.466. The second-order valence-electron chi connectivity index (χ2n) is 3.70. The number of nitrogens with one attached hydrogen (secondary N) is 1. The Labute approximate surface area is 99.2 Å². The van der Waals surface area contributed by atoms with Gasteiger partial charge in [-0.1, -0.05) is 13.8 Å². The van der Waals surface area contributed by atoms with Gasteiger partial charge in [0.25, 0.3) is 5.56 Å². The number of aromatic amines is 1. The molecule has 1 aromatic heterocycles. The fourth-order valence-electron chi connectivity index (χ4n) is 1.35. The minimum atomic E-state index is -3.12. The number of nitrogens with zero attached hydrogens (tertiary/aromatic N) is 1. The normalized spacial score (nSPS) is 11.6. The van der Waals surface area contributed by atoms with Crippen LogP contribution in [0, 0.1) is 0 Å². The number of aromatic nitrogens is 2. The maximum absolute atomic E-state index is 11.4. The van der Waals surface area contributed by atoms with Gasteiger partial charge in [-0.15, -0.1) is 0 Å². The molecule has 6 nitrogen and oxygen atoms in total. The van der Waals surface area contributed by atoms with Crippen LogP contribution in [0.4, 0.5) is 0 Å². The number of sulfone groups is 1. The Morgan fingerprint density at radius 1 is 1.29 bits per heavy atom. The number of aryl methyl sites for hydroxylation is 2. The van der Waals surface area contributed by atoms with Crippen molar-refractivity contribution < 1.29 is 8.42 Å². The first-order valence-electron chi connectivity index (χ1n) is 5.42. The second-order valence-corrected chi connectivity index (χ2v) is 6.17. The molecule has 0 aliphatic heterocycles. The van der Waals surface area contributed by atoms with Crippen molar-refractivity contribution >= 4 is 9.84 Å². The summed E-state index contributed by atoms with van der Waals surface area (Å²) in [6, 6.07) is 0. The Hall–Kier alpha value is -1.37. The highest BCUT2D eigenvalue weighted by molar-refractivity contribution is 7.91. The van der Waals surface area contributed by atoms with Crippen LogP contribution in [0.3, 0.4) is 0 Å². The van der Waals surface area contributed by atoms with Gasteiger partial charge in [0, 0.05) is 24.1 Å². The van der Waals surface area contributed by atoms with E-state index >= 15 is 0 Å². The van der Waals surface area contributed by atoms with E-state index in [2.05, 4.69) is 4.98 Å². The molecule has 0 saturated heterocycles. The number of rotatable bonds is 5. The van der Waals surface area contributed by atoms with Gasteiger partial charge in [0.05, 0.1) is 5.75 Å². The van der Waals surface area contributed by atoms with Crippen LogP contribution < -0.4 is 11.2 Å². The molecule has 0 bridgehead atoms. The van der Waals surface area contributed by atoms with Gasteiger partial charge in [0.2, 0.25) is 0 Å². The molecule has 0 fully saturated rings. The van der Waals surface area contributed by atoms with Crippen molar-refractivity contribution in [3.05, 3.63) is 32.6 Å². The summed E-state index contributed by atoms with van der Waals surface area (Å²) in [5, 5.41) is 0. The SMILES string of the molecule is CCc1cn(CCS(=O)(=O)CC)c(=O)[nH]c1=O. The van der Waals surface area contributed by atoms with Crippen LogP contribution in [0.5, 0.6) is 0 Å². The molecule has 17 heavy (non-hydrogen) atoms. The fraction of sp³-hybridized carbons (Fsp3) is 0.600. The number of hydrogen-bond donors (Lipinski definition) is 1. The molecule has 0 amide bonds. The Morgan fingerprint density at radius 2 is 1.94 bits per heavy atom. The van der Waals surface area contributed by atoms with Gasteiger partial charge in [-0.2, -0.15) is 0 Å². The average molecular weight is 260 g/mol. The zero-order valence-corrected chi connectivity index (χ0v) is 10.7. The number of hydrogen-bond acceptors (Lipinski definition) is 4. The molecule has 0 unspecified atom stereocenters. The van der Waals surface area contributed by atoms with E-state index in [9.17, 15) is 18.0 Å². The van der Waals surface area contributed by atoms with E-state index in [1.807, 2.05) is 0 Å². The van der Waals surface area contributed by atoms with Crippen LogP contribution in [0.25, 0.3) is 0 Å². The van der Waals surface area contributed by atoms with Crippen LogP contribution in [-0.2, 0) is 22.8 Å². The van der Waals surface area contributed by atoms with Gasteiger partial charge < -0.3 is 0 Å². The third-order valence-electron chi connectivity index (χ3n) is 2.55. The van der Waals surface area contributed by atoms with E-state index in [-0.39, 0.29) is 18.1 Å². The van der Waals surface area contributed by atoms with E-state index in [0.717, 1.165) is 0 Å². The summed E-state index contributed by atoms with van der Waals surface area (Å²) in [6.45, 7) is 3.42. The molecule has 7 heteroatoms. The molecule has 1 aromatic rings. The quantitative estimate of drug-likeness (QED) is 0.775. The summed E-state index contributed by atoms with van der Waals surface area (Å²) < 4.78 is 23.9. The molecule has 0 aliphatic rings. The molecule has 0 aromatic carbocycles. The van der Waals surface area contributed by atoms with E-state index in [4.69, 9.17) is 0 Å². The lowest BCUT2D eigenvalue weighted by Gasteiger charge is -2.06. The van der Waals surface area contributed by atoms with Crippen molar-refractivity contribution in [2.45, 2.75) is 26.8 Å². The summed E-state index contributed by atoms with van der Waals surface area (Å²) in [5.41, 5.74) is -0.510. The molecule has 96 valence electrons. The Kier molecular flexibility index (Phi) is 4.28. The van der Waals surface area contributed by atoms with E-state index in [1.165, 1.54) is 10.8 Å². The summed E-state index contributed by atoms with van der Waals surface area (Å²) in [4.78, 5) is 24.9. The molecule has 0 atom stereocenters. The summed E-state index contributed by atoms with van der Waals surface area (Å²) >= 11 is 0. The third-order valence-corrected chi connectivity index (χ3v) is 4.23. The van der Waals surface area contributed by atoms with Crippen LogP contribution >= 0.6 is 0 Å². The van der Waals surface area contributed by atoms with Gasteiger partial charge in [-0.25, -0.2) is 13.2 Å². The van der Waals surface area contributed by atoms with Gasteiger partial charge in [0.15, 0.2) is 9.84 Å². The summed E-state index contributed by atoms with van der Waals surface area (Å²) in [5.74, 6) is -0.0512. The molecule has 1 N–H and O–H groups in total.